The fourth-order valence-corrected chi connectivity index (χ4v) is 5.80. The quantitative estimate of drug-likeness (QED) is 0.213. The van der Waals surface area contributed by atoms with Crippen molar-refractivity contribution in [2.75, 3.05) is 13.7 Å². The standard InChI is InChI=1S/C28H32N3O9P/c1-3-10-20-17-31(28(35)29-26(20)33)25-16-23(32)24(39-25)18-38-41(36,40-21-13-8-5-9-14-21)30-22(27(34)37-2)15-19-11-6-4-7-12-19/h3-14,17,22-25,32H,15-16,18H2,1-2H3,(H,30,36)(H,29,33,35)/b10-3+/t22-,23?,24?,25?,41?/m0/s1. The highest BCUT2D eigenvalue weighted by Gasteiger charge is 2.40. The van der Waals surface area contributed by atoms with E-state index in [9.17, 15) is 24.1 Å². The van der Waals surface area contributed by atoms with Gasteiger partial charge in [-0.3, -0.25) is 23.7 Å². The van der Waals surface area contributed by atoms with E-state index in [1.165, 1.54) is 23.9 Å². The number of hydrogen-bond donors (Lipinski definition) is 3. The normalized spacial score (nSPS) is 20.9. The van der Waals surface area contributed by atoms with Crippen LogP contribution in [0.1, 0.15) is 30.7 Å². The van der Waals surface area contributed by atoms with Crippen molar-refractivity contribution in [1.29, 1.82) is 0 Å². The number of ether oxygens (including phenoxy) is 2. The molecule has 0 bridgehead atoms. The molecular formula is C28H32N3O9P. The van der Waals surface area contributed by atoms with Crippen molar-refractivity contribution in [2.45, 2.75) is 44.2 Å². The number of hydrogen-bond acceptors (Lipinski definition) is 9. The number of nitrogens with zero attached hydrogens (tertiary/aromatic N) is 1. The Morgan fingerprint density at radius 1 is 1.20 bits per heavy atom. The van der Waals surface area contributed by atoms with Gasteiger partial charge in [0.15, 0.2) is 0 Å². The number of carbonyl (C=O) groups excluding carboxylic acids is 1. The summed E-state index contributed by atoms with van der Waals surface area (Å²) in [5.74, 6) is -0.463. The predicted molar refractivity (Wildman–Crippen MR) is 150 cm³/mol. The van der Waals surface area contributed by atoms with Crippen LogP contribution in [0.4, 0.5) is 0 Å². The molecule has 12 nitrogen and oxygen atoms in total. The number of para-hydroxylation sites is 1. The Bertz CT molecular complexity index is 1510. The molecule has 13 heteroatoms. The van der Waals surface area contributed by atoms with Crippen molar-refractivity contribution in [1.82, 2.24) is 14.6 Å². The van der Waals surface area contributed by atoms with Gasteiger partial charge in [0.05, 0.1) is 25.4 Å². The summed E-state index contributed by atoms with van der Waals surface area (Å²) in [5.41, 5.74) is -0.239. The molecule has 3 aromatic rings. The molecule has 1 fully saturated rings. The summed E-state index contributed by atoms with van der Waals surface area (Å²) in [6, 6.07) is 16.2. The van der Waals surface area contributed by atoms with Gasteiger partial charge in [0.2, 0.25) is 0 Å². The monoisotopic (exact) mass is 585 g/mol. The molecular weight excluding hydrogens is 553 g/mol. The van der Waals surface area contributed by atoms with Crippen LogP contribution in [-0.2, 0) is 29.8 Å². The highest BCUT2D eigenvalue weighted by atomic mass is 31.2. The number of rotatable bonds is 12. The number of allylic oxidation sites excluding steroid dienone is 1. The minimum atomic E-state index is -4.27. The summed E-state index contributed by atoms with van der Waals surface area (Å²) in [6.07, 6.45) is 1.64. The van der Waals surface area contributed by atoms with E-state index in [0.717, 1.165) is 5.56 Å². The largest absolute Gasteiger partial charge is 0.468 e. The van der Waals surface area contributed by atoms with Crippen LogP contribution in [0.25, 0.3) is 6.08 Å². The van der Waals surface area contributed by atoms with Gasteiger partial charge >= 0.3 is 19.4 Å². The Labute approximate surface area is 236 Å². The molecule has 0 aliphatic carbocycles. The molecule has 2 heterocycles. The topological polar surface area (TPSA) is 158 Å². The number of aromatic nitrogens is 2. The lowest BCUT2D eigenvalue weighted by molar-refractivity contribution is -0.142. The first-order valence-corrected chi connectivity index (χ1v) is 14.5. The Balaban J connectivity index is 1.54. The van der Waals surface area contributed by atoms with Crippen LogP contribution in [-0.4, -0.2) is 52.6 Å². The van der Waals surface area contributed by atoms with E-state index >= 15 is 0 Å². The van der Waals surface area contributed by atoms with E-state index in [1.54, 1.807) is 43.3 Å². The van der Waals surface area contributed by atoms with Crippen LogP contribution < -0.4 is 20.9 Å². The van der Waals surface area contributed by atoms with Crippen LogP contribution in [0, 0.1) is 0 Å². The van der Waals surface area contributed by atoms with E-state index in [0.29, 0.717) is 0 Å². The smallest absolute Gasteiger partial charge is 0.459 e. The molecule has 1 aromatic heterocycles. The number of aliphatic hydroxyl groups excluding tert-OH is 1. The van der Waals surface area contributed by atoms with Crippen LogP contribution in [0.3, 0.4) is 0 Å². The number of esters is 1. The van der Waals surface area contributed by atoms with E-state index in [-0.39, 0.29) is 24.2 Å². The molecule has 0 spiro atoms. The van der Waals surface area contributed by atoms with Gasteiger partial charge in [-0.25, -0.2) is 9.36 Å². The van der Waals surface area contributed by atoms with Gasteiger partial charge < -0.3 is 19.1 Å². The maximum atomic E-state index is 14.0. The lowest BCUT2D eigenvalue weighted by Gasteiger charge is -2.26. The molecule has 41 heavy (non-hydrogen) atoms. The molecule has 0 saturated carbocycles. The minimum Gasteiger partial charge on any atom is -0.468 e. The van der Waals surface area contributed by atoms with Crippen LogP contribution in [0.15, 0.2) is 82.5 Å². The van der Waals surface area contributed by atoms with E-state index in [4.69, 9.17) is 18.5 Å². The molecule has 0 amide bonds. The maximum absolute atomic E-state index is 14.0. The lowest BCUT2D eigenvalue weighted by atomic mass is 10.1. The number of benzene rings is 2. The molecule has 1 aliphatic heterocycles. The number of H-pyrrole nitrogens is 1. The highest BCUT2D eigenvalue weighted by molar-refractivity contribution is 7.52. The van der Waals surface area contributed by atoms with Crippen molar-refractivity contribution in [3.05, 3.63) is 105 Å². The highest BCUT2D eigenvalue weighted by Crippen LogP contribution is 2.46. The van der Waals surface area contributed by atoms with E-state index in [1.807, 2.05) is 30.3 Å². The second-order valence-electron chi connectivity index (χ2n) is 9.28. The Kier molecular flexibility index (Phi) is 10.1. The van der Waals surface area contributed by atoms with Gasteiger partial charge in [-0.1, -0.05) is 60.7 Å². The molecule has 3 N–H and O–H groups in total. The third-order valence-corrected chi connectivity index (χ3v) is 7.88. The van der Waals surface area contributed by atoms with Crippen molar-refractivity contribution in [3.8, 4) is 5.75 Å². The van der Waals surface area contributed by atoms with Crippen molar-refractivity contribution in [3.63, 3.8) is 0 Å². The number of methoxy groups -OCH3 is 1. The summed E-state index contributed by atoms with van der Waals surface area (Å²) in [5, 5.41) is 13.4. The summed E-state index contributed by atoms with van der Waals surface area (Å²) in [4.78, 5) is 39.4. The van der Waals surface area contributed by atoms with Gasteiger partial charge in [0.25, 0.3) is 5.56 Å². The number of nitrogens with one attached hydrogen (secondary N) is 2. The molecule has 218 valence electrons. The molecule has 4 rings (SSSR count). The van der Waals surface area contributed by atoms with E-state index in [2.05, 4.69) is 10.1 Å². The third kappa shape index (κ3) is 7.90. The molecule has 0 radical (unpaired) electrons. The van der Waals surface area contributed by atoms with Gasteiger partial charge in [-0.15, -0.1) is 0 Å². The zero-order valence-electron chi connectivity index (χ0n) is 22.5. The summed E-state index contributed by atoms with van der Waals surface area (Å²) >= 11 is 0. The van der Waals surface area contributed by atoms with Crippen molar-refractivity contribution < 1.29 is 33.0 Å². The number of carbonyl (C=O) groups is 1. The lowest BCUT2D eigenvalue weighted by Crippen LogP contribution is -2.39. The number of aromatic amines is 1. The SMILES string of the molecule is C/C=C/c1cn(C2CC(O)C(COP(=O)(N[C@@H](Cc3ccccc3)C(=O)OC)Oc3ccccc3)O2)c(=O)[nH]c1=O. The molecule has 5 atom stereocenters. The first-order chi connectivity index (χ1) is 19.7. The molecule has 4 unspecified atom stereocenters. The van der Waals surface area contributed by atoms with Crippen LogP contribution >= 0.6 is 7.75 Å². The Hall–Kier alpha value is -3.80. The first-order valence-electron chi connectivity index (χ1n) is 12.9. The zero-order valence-corrected chi connectivity index (χ0v) is 23.4. The summed E-state index contributed by atoms with van der Waals surface area (Å²) < 4.78 is 37.4. The van der Waals surface area contributed by atoms with Gasteiger partial charge in [0, 0.05) is 12.6 Å². The predicted octanol–water partition coefficient (Wildman–Crippen LogP) is 2.80. The number of aliphatic hydroxyl groups is 1. The fourth-order valence-electron chi connectivity index (χ4n) is 4.30. The van der Waals surface area contributed by atoms with Gasteiger partial charge in [-0.05, 0) is 31.0 Å². The van der Waals surface area contributed by atoms with Gasteiger partial charge in [0.1, 0.15) is 24.1 Å². The molecule has 1 saturated heterocycles. The Morgan fingerprint density at radius 3 is 2.54 bits per heavy atom. The summed E-state index contributed by atoms with van der Waals surface area (Å²) in [6.45, 7) is 1.32. The van der Waals surface area contributed by atoms with Crippen molar-refractivity contribution in [2.24, 2.45) is 0 Å². The Morgan fingerprint density at radius 2 is 1.88 bits per heavy atom. The fraction of sp³-hybridized carbons (Fsp3) is 0.321. The van der Waals surface area contributed by atoms with Crippen LogP contribution in [0.5, 0.6) is 5.75 Å². The second kappa shape index (κ2) is 13.7. The maximum Gasteiger partial charge on any atom is 0.459 e. The third-order valence-electron chi connectivity index (χ3n) is 6.32. The van der Waals surface area contributed by atoms with E-state index < -0.39 is 56.0 Å². The van der Waals surface area contributed by atoms with Crippen molar-refractivity contribution >= 4 is 19.8 Å². The van der Waals surface area contributed by atoms with Gasteiger partial charge in [-0.2, -0.15) is 5.09 Å². The molecule has 1 aliphatic rings. The second-order valence-corrected chi connectivity index (χ2v) is 11.0. The first kappa shape index (κ1) is 30.2. The average molecular weight is 586 g/mol. The molecule has 2 aromatic carbocycles. The zero-order chi connectivity index (χ0) is 29.4. The minimum absolute atomic E-state index is 0.00528. The summed E-state index contributed by atoms with van der Waals surface area (Å²) in [7, 11) is -3.05. The van der Waals surface area contributed by atoms with Crippen LogP contribution in [0.2, 0.25) is 0 Å². The average Bonchev–Trinajstić information content (AvgIpc) is 3.33.